The molecule has 5 nitrogen and oxygen atoms in total. The number of likely N-dealkylation sites (tertiary alicyclic amines) is 2. The van der Waals surface area contributed by atoms with Crippen LogP contribution in [0, 0.1) is 0 Å². The number of rotatable bonds is 3. The van der Waals surface area contributed by atoms with Gasteiger partial charge in [-0.15, -0.1) is 0 Å². The van der Waals surface area contributed by atoms with Gasteiger partial charge in [-0.2, -0.15) is 0 Å². The van der Waals surface area contributed by atoms with Crippen LogP contribution in [0.15, 0.2) is 0 Å². The Morgan fingerprint density at radius 3 is 2.43 bits per heavy atom. The van der Waals surface area contributed by atoms with Crippen LogP contribution in [-0.4, -0.2) is 59.8 Å². The Kier molecular flexibility index (Phi) is 5.49. The number of hydrogen-bond donors (Lipinski definition) is 1. The predicted octanol–water partition coefficient (Wildman–Crippen LogP) is 2.20. The summed E-state index contributed by atoms with van der Waals surface area (Å²) in [4.78, 5) is 16.8. The largest absolute Gasteiger partial charge is 0.444 e. The zero-order chi connectivity index (χ0) is 15.5. The number of nitrogens with two attached hydrogens (primary N) is 1. The summed E-state index contributed by atoms with van der Waals surface area (Å²) in [6, 6.07) is 0.489. The first-order valence-corrected chi connectivity index (χ1v) is 8.36. The van der Waals surface area contributed by atoms with E-state index in [4.69, 9.17) is 10.5 Å². The van der Waals surface area contributed by atoms with Gasteiger partial charge in [0.05, 0.1) is 6.04 Å². The lowest BCUT2D eigenvalue weighted by Gasteiger charge is -2.40. The minimum absolute atomic E-state index is 0.180. The second-order valence-electron chi connectivity index (χ2n) is 7.28. The van der Waals surface area contributed by atoms with Gasteiger partial charge < -0.3 is 15.4 Å². The van der Waals surface area contributed by atoms with Crippen molar-refractivity contribution in [2.45, 2.75) is 70.6 Å². The van der Waals surface area contributed by atoms with E-state index < -0.39 is 5.60 Å². The van der Waals surface area contributed by atoms with Crippen molar-refractivity contribution >= 4 is 6.09 Å². The first-order chi connectivity index (χ1) is 9.92. The fraction of sp³-hybridized carbons (Fsp3) is 0.938. The van der Waals surface area contributed by atoms with Gasteiger partial charge in [0.15, 0.2) is 0 Å². The van der Waals surface area contributed by atoms with E-state index in [2.05, 4.69) is 4.90 Å². The maximum absolute atomic E-state index is 12.4. The summed E-state index contributed by atoms with van der Waals surface area (Å²) in [5.74, 6) is 0. The van der Waals surface area contributed by atoms with Gasteiger partial charge in [0.25, 0.3) is 0 Å². The first kappa shape index (κ1) is 16.6. The molecular formula is C16H31N3O2. The summed E-state index contributed by atoms with van der Waals surface area (Å²) < 4.78 is 5.56. The molecule has 2 atom stereocenters. The molecule has 2 aliphatic heterocycles. The van der Waals surface area contributed by atoms with E-state index in [9.17, 15) is 4.79 Å². The molecule has 2 rings (SSSR count). The average molecular weight is 297 g/mol. The van der Waals surface area contributed by atoms with E-state index in [0.717, 1.165) is 32.5 Å². The molecule has 2 aliphatic rings. The minimum atomic E-state index is -0.437. The van der Waals surface area contributed by atoms with Crippen molar-refractivity contribution < 1.29 is 9.53 Å². The molecule has 21 heavy (non-hydrogen) atoms. The number of piperidine rings is 1. The third kappa shape index (κ3) is 4.33. The molecule has 0 bridgehead atoms. The number of carbonyl (C=O) groups is 1. The highest BCUT2D eigenvalue weighted by Crippen LogP contribution is 2.26. The lowest BCUT2D eigenvalue weighted by Crippen LogP contribution is -2.56. The number of nitrogens with zero attached hydrogens (tertiary/aromatic N) is 2. The monoisotopic (exact) mass is 297 g/mol. The molecule has 0 saturated carbocycles. The zero-order valence-corrected chi connectivity index (χ0v) is 13.8. The van der Waals surface area contributed by atoms with Crippen molar-refractivity contribution in [3.8, 4) is 0 Å². The quantitative estimate of drug-likeness (QED) is 0.867. The molecule has 0 aromatic carbocycles. The van der Waals surface area contributed by atoms with E-state index in [1.54, 1.807) is 0 Å². The molecule has 2 fully saturated rings. The third-order valence-corrected chi connectivity index (χ3v) is 4.47. The molecular weight excluding hydrogens is 266 g/mol. The maximum Gasteiger partial charge on any atom is 0.410 e. The number of ether oxygens (including phenoxy) is 1. The Bertz CT molecular complexity index is 348. The highest BCUT2D eigenvalue weighted by molar-refractivity contribution is 5.69. The molecule has 2 unspecified atom stereocenters. The minimum Gasteiger partial charge on any atom is -0.444 e. The second kappa shape index (κ2) is 6.97. The fourth-order valence-corrected chi connectivity index (χ4v) is 3.54. The van der Waals surface area contributed by atoms with Gasteiger partial charge >= 0.3 is 6.09 Å². The molecule has 0 aliphatic carbocycles. The van der Waals surface area contributed by atoms with Crippen LogP contribution >= 0.6 is 0 Å². The van der Waals surface area contributed by atoms with Gasteiger partial charge in [-0.25, -0.2) is 4.79 Å². The molecule has 5 heteroatoms. The molecule has 2 heterocycles. The molecule has 0 aromatic rings. The van der Waals surface area contributed by atoms with Crippen LogP contribution < -0.4 is 5.73 Å². The molecule has 0 spiro atoms. The summed E-state index contributed by atoms with van der Waals surface area (Å²) in [5.41, 5.74) is 5.62. The standard InChI is InChI=1S/C16H31N3O2/c1-16(2,3)21-15(20)19-11-7-8-13(19)14(12-17)18-9-5-4-6-10-18/h13-14H,4-12,17H2,1-3H3. The van der Waals surface area contributed by atoms with Gasteiger partial charge in [-0.05, 0) is 59.5 Å². The molecule has 0 radical (unpaired) electrons. The van der Waals surface area contributed by atoms with Gasteiger partial charge in [0.2, 0.25) is 0 Å². The Morgan fingerprint density at radius 2 is 1.86 bits per heavy atom. The first-order valence-electron chi connectivity index (χ1n) is 8.36. The van der Waals surface area contributed by atoms with E-state index in [-0.39, 0.29) is 18.2 Å². The Labute approximate surface area is 128 Å². The average Bonchev–Trinajstić information content (AvgIpc) is 2.88. The van der Waals surface area contributed by atoms with Crippen LogP contribution in [0.4, 0.5) is 4.79 Å². The van der Waals surface area contributed by atoms with E-state index in [0.29, 0.717) is 6.54 Å². The Morgan fingerprint density at radius 1 is 1.19 bits per heavy atom. The topological polar surface area (TPSA) is 58.8 Å². The van der Waals surface area contributed by atoms with Gasteiger partial charge in [0.1, 0.15) is 5.60 Å². The van der Waals surface area contributed by atoms with Crippen LogP contribution in [0.1, 0.15) is 52.9 Å². The third-order valence-electron chi connectivity index (χ3n) is 4.47. The van der Waals surface area contributed by atoms with Crippen molar-refractivity contribution in [2.24, 2.45) is 5.73 Å². The number of amides is 1. The summed E-state index contributed by atoms with van der Waals surface area (Å²) >= 11 is 0. The van der Waals surface area contributed by atoms with Crippen LogP contribution in [0.25, 0.3) is 0 Å². The normalized spacial score (nSPS) is 25.9. The highest BCUT2D eigenvalue weighted by atomic mass is 16.6. The van der Waals surface area contributed by atoms with Crippen molar-refractivity contribution in [2.75, 3.05) is 26.2 Å². The SMILES string of the molecule is CC(C)(C)OC(=O)N1CCCC1C(CN)N1CCCCC1. The van der Waals surface area contributed by atoms with Gasteiger partial charge in [-0.3, -0.25) is 4.90 Å². The lowest BCUT2D eigenvalue weighted by molar-refractivity contribution is 0.0112. The predicted molar refractivity (Wildman–Crippen MR) is 84.2 cm³/mol. The van der Waals surface area contributed by atoms with E-state index in [1.165, 1.54) is 19.3 Å². The molecule has 2 N–H and O–H groups in total. The summed E-state index contributed by atoms with van der Waals surface area (Å²) in [6.45, 7) is 9.39. The summed E-state index contributed by atoms with van der Waals surface area (Å²) in [5, 5.41) is 0. The molecule has 1 amide bonds. The highest BCUT2D eigenvalue weighted by Gasteiger charge is 2.38. The Balaban J connectivity index is 2.03. The Hall–Kier alpha value is -0.810. The summed E-state index contributed by atoms with van der Waals surface area (Å²) in [6.07, 6.45) is 5.71. The van der Waals surface area contributed by atoms with E-state index in [1.807, 2.05) is 25.7 Å². The lowest BCUT2D eigenvalue weighted by atomic mass is 10.0. The van der Waals surface area contributed by atoms with E-state index >= 15 is 0 Å². The molecule has 122 valence electrons. The van der Waals surface area contributed by atoms with Gasteiger partial charge in [-0.1, -0.05) is 6.42 Å². The van der Waals surface area contributed by atoms with Crippen LogP contribution in [0.3, 0.4) is 0 Å². The number of carbonyl (C=O) groups excluding carboxylic acids is 1. The smallest absolute Gasteiger partial charge is 0.410 e. The summed E-state index contributed by atoms with van der Waals surface area (Å²) in [7, 11) is 0. The van der Waals surface area contributed by atoms with Crippen molar-refractivity contribution in [3.63, 3.8) is 0 Å². The van der Waals surface area contributed by atoms with Gasteiger partial charge in [0, 0.05) is 19.1 Å². The molecule has 0 aromatic heterocycles. The molecule has 2 saturated heterocycles. The van der Waals surface area contributed by atoms with Crippen molar-refractivity contribution in [3.05, 3.63) is 0 Å². The zero-order valence-electron chi connectivity index (χ0n) is 13.8. The second-order valence-corrected chi connectivity index (χ2v) is 7.28. The fourth-order valence-electron chi connectivity index (χ4n) is 3.54. The maximum atomic E-state index is 12.4. The van der Waals surface area contributed by atoms with Crippen LogP contribution in [0.5, 0.6) is 0 Å². The van der Waals surface area contributed by atoms with Crippen molar-refractivity contribution in [1.82, 2.24) is 9.80 Å². The van der Waals surface area contributed by atoms with Crippen molar-refractivity contribution in [1.29, 1.82) is 0 Å². The van der Waals surface area contributed by atoms with Crippen LogP contribution in [0.2, 0.25) is 0 Å². The van der Waals surface area contributed by atoms with Crippen LogP contribution in [-0.2, 0) is 4.74 Å². The number of hydrogen-bond acceptors (Lipinski definition) is 4.